The maximum Gasteiger partial charge on any atom is 0.209 e. The monoisotopic (exact) mass is 217 g/mol. The van der Waals surface area contributed by atoms with Gasteiger partial charge in [0.05, 0.1) is 7.11 Å². The largest absolute Gasteiger partial charge is 0.505 e. The number of aromatic hydroxyl groups is 1. The van der Waals surface area contributed by atoms with Gasteiger partial charge in [0, 0.05) is 5.56 Å². The van der Waals surface area contributed by atoms with Crippen molar-refractivity contribution in [3.63, 3.8) is 0 Å². The first kappa shape index (κ1) is 11.7. The van der Waals surface area contributed by atoms with Crippen LogP contribution in [-0.4, -0.2) is 18.8 Å². The molecule has 1 rings (SSSR count). The molecule has 3 N–H and O–H groups in total. The molecule has 0 aliphatic heterocycles. The van der Waals surface area contributed by atoms with Gasteiger partial charge in [-0.15, -0.1) is 0 Å². The molecule has 1 aromatic rings. The lowest BCUT2D eigenvalue weighted by atomic mass is 10.1. The molecule has 0 bridgehead atoms. The van der Waals surface area contributed by atoms with Gasteiger partial charge >= 0.3 is 0 Å². The molecular weight excluding hydrogens is 204 g/mol. The third-order valence-electron chi connectivity index (χ3n) is 2.08. The molecule has 0 aliphatic rings. The lowest BCUT2D eigenvalue weighted by molar-refractivity contribution is 0.340. The molecule has 0 saturated carbocycles. The summed E-state index contributed by atoms with van der Waals surface area (Å²) in [4.78, 5) is 0. The molecule has 0 unspecified atom stereocenters. The predicted octanol–water partition coefficient (Wildman–Crippen LogP) is 1.57. The van der Waals surface area contributed by atoms with Crippen molar-refractivity contribution in [3.8, 4) is 11.5 Å². The van der Waals surface area contributed by atoms with Crippen LogP contribution in [0.1, 0.15) is 12.0 Å². The second-order valence-electron chi connectivity index (χ2n) is 3.11. The molecule has 0 radical (unpaired) electrons. The van der Waals surface area contributed by atoms with Gasteiger partial charge in [-0.05, 0) is 25.5 Å². The Kier molecular flexibility index (Phi) is 3.85. The molecule has 0 aliphatic carbocycles. The van der Waals surface area contributed by atoms with Crippen molar-refractivity contribution in [2.24, 2.45) is 5.73 Å². The SMILES string of the molecule is COc1c(F)cc(CCCN)c(O)c1F. The van der Waals surface area contributed by atoms with Gasteiger partial charge in [0.25, 0.3) is 0 Å². The quantitative estimate of drug-likeness (QED) is 0.804. The number of hydrogen-bond acceptors (Lipinski definition) is 3. The zero-order valence-electron chi connectivity index (χ0n) is 8.39. The Bertz CT molecular complexity index is 356. The molecule has 0 amide bonds. The summed E-state index contributed by atoms with van der Waals surface area (Å²) in [5.41, 5.74) is 5.47. The van der Waals surface area contributed by atoms with Gasteiger partial charge in [-0.3, -0.25) is 0 Å². The van der Waals surface area contributed by atoms with E-state index in [0.29, 0.717) is 19.4 Å². The first-order valence-corrected chi connectivity index (χ1v) is 4.55. The maximum atomic E-state index is 13.3. The molecule has 0 spiro atoms. The maximum absolute atomic E-state index is 13.3. The van der Waals surface area contributed by atoms with Gasteiger partial charge in [0.2, 0.25) is 5.82 Å². The van der Waals surface area contributed by atoms with Crippen molar-refractivity contribution in [1.29, 1.82) is 0 Å². The average molecular weight is 217 g/mol. The fraction of sp³-hybridized carbons (Fsp3) is 0.400. The Hall–Kier alpha value is -1.36. The van der Waals surface area contributed by atoms with E-state index in [9.17, 15) is 13.9 Å². The first-order valence-electron chi connectivity index (χ1n) is 4.55. The van der Waals surface area contributed by atoms with Gasteiger partial charge in [0.15, 0.2) is 17.3 Å². The van der Waals surface area contributed by atoms with Crippen LogP contribution < -0.4 is 10.5 Å². The number of benzene rings is 1. The molecular formula is C10H13F2NO2. The highest BCUT2D eigenvalue weighted by atomic mass is 19.1. The third-order valence-corrected chi connectivity index (χ3v) is 2.08. The number of hydrogen-bond donors (Lipinski definition) is 2. The van der Waals surface area contributed by atoms with Crippen molar-refractivity contribution in [2.45, 2.75) is 12.8 Å². The van der Waals surface area contributed by atoms with E-state index in [-0.39, 0.29) is 5.56 Å². The number of nitrogens with two attached hydrogens (primary N) is 1. The molecule has 0 aromatic heterocycles. The van der Waals surface area contributed by atoms with E-state index < -0.39 is 23.1 Å². The average Bonchev–Trinajstić information content (AvgIpc) is 2.22. The highest BCUT2D eigenvalue weighted by Crippen LogP contribution is 2.32. The highest BCUT2D eigenvalue weighted by molar-refractivity contribution is 5.42. The van der Waals surface area contributed by atoms with E-state index >= 15 is 0 Å². The minimum absolute atomic E-state index is 0.205. The molecule has 84 valence electrons. The van der Waals surface area contributed by atoms with Crippen LogP contribution in [0.25, 0.3) is 0 Å². The van der Waals surface area contributed by atoms with Gasteiger partial charge in [-0.1, -0.05) is 0 Å². The molecule has 0 saturated heterocycles. The summed E-state index contributed by atoms with van der Waals surface area (Å²) in [7, 11) is 1.14. The Morgan fingerprint density at radius 2 is 2.13 bits per heavy atom. The standard InChI is InChI=1S/C10H13F2NO2/c1-15-10-7(11)5-6(3-2-4-13)9(14)8(10)12/h5,14H,2-4,13H2,1H3. The number of aryl methyl sites for hydroxylation is 1. The second-order valence-corrected chi connectivity index (χ2v) is 3.11. The molecule has 5 heteroatoms. The highest BCUT2D eigenvalue weighted by Gasteiger charge is 2.18. The number of phenolic OH excluding ortho intramolecular Hbond substituents is 1. The summed E-state index contributed by atoms with van der Waals surface area (Å²) in [6, 6.07) is 1.06. The minimum atomic E-state index is -1.07. The smallest absolute Gasteiger partial charge is 0.209 e. The van der Waals surface area contributed by atoms with Gasteiger partial charge in [-0.25, -0.2) is 4.39 Å². The molecule has 1 aromatic carbocycles. The van der Waals surface area contributed by atoms with E-state index in [1.807, 2.05) is 0 Å². The van der Waals surface area contributed by atoms with Crippen LogP contribution >= 0.6 is 0 Å². The van der Waals surface area contributed by atoms with Crippen LogP contribution in [0, 0.1) is 11.6 Å². The lowest BCUT2D eigenvalue weighted by Crippen LogP contribution is -2.02. The van der Waals surface area contributed by atoms with Crippen molar-refractivity contribution in [1.82, 2.24) is 0 Å². The fourth-order valence-corrected chi connectivity index (χ4v) is 1.31. The van der Waals surface area contributed by atoms with Gasteiger partial charge in [0.1, 0.15) is 0 Å². The summed E-state index contributed by atoms with van der Waals surface area (Å²) in [6.45, 7) is 0.398. The lowest BCUT2D eigenvalue weighted by Gasteiger charge is -2.09. The Labute approximate surface area is 86.5 Å². The normalized spacial score (nSPS) is 10.4. The van der Waals surface area contributed by atoms with Crippen molar-refractivity contribution in [2.75, 3.05) is 13.7 Å². The van der Waals surface area contributed by atoms with Gasteiger partial charge < -0.3 is 15.6 Å². The predicted molar refractivity (Wildman–Crippen MR) is 52.0 cm³/mol. The number of rotatable bonds is 4. The van der Waals surface area contributed by atoms with E-state index in [1.165, 1.54) is 0 Å². The number of ether oxygens (including phenoxy) is 1. The summed E-state index contributed by atoms with van der Waals surface area (Å²) >= 11 is 0. The topological polar surface area (TPSA) is 55.5 Å². The van der Waals surface area contributed by atoms with Gasteiger partial charge in [-0.2, -0.15) is 4.39 Å². The number of phenols is 1. The zero-order valence-corrected chi connectivity index (χ0v) is 8.39. The second kappa shape index (κ2) is 4.93. The number of halogens is 2. The fourth-order valence-electron chi connectivity index (χ4n) is 1.31. The first-order chi connectivity index (χ1) is 7.11. The molecule has 3 nitrogen and oxygen atoms in total. The van der Waals surface area contributed by atoms with E-state index in [4.69, 9.17) is 5.73 Å². The Morgan fingerprint density at radius 1 is 1.47 bits per heavy atom. The van der Waals surface area contributed by atoms with Crippen molar-refractivity contribution in [3.05, 3.63) is 23.3 Å². The van der Waals surface area contributed by atoms with Crippen LogP contribution in [0.4, 0.5) is 8.78 Å². The van der Waals surface area contributed by atoms with E-state index in [2.05, 4.69) is 4.74 Å². The molecule has 0 fully saturated rings. The van der Waals surface area contributed by atoms with Crippen LogP contribution in [0.5, 0.6) is 11.5 Å². The van der Waals surface area contributed by atoms with Crippen LogP contribution in [0.15, 0.2) is 6.07 Å². The molecule has 15 heavy (non-hydrogen) atoms. The van der Waals surface area contributed by atoms with Crippen molar-refractivity contribution >= 4 is 0 Å². The zero-order chi connectivity index (χ0) is 11.4. The Balaban J connectivity index is 3.10. The number of methoxy groups -OCH3 is 1. The summed E-state index contributed by atoms with van der Waals surface area (Å²) in [5, 5.41) is 9.40. The van der Waals surface area contributed by atoms with Crippen LogP contribution in [0.3, 0.4) is 0 Å². The van der Waals surface area contributed by atoms with E-state index in [0.717, 1.165) is 13.2 Å². The Morgan fingerprint density at radius 3 is 2.67 bits per heavy atom. The summed E-state index contributed by atoms with van der Waals surface area (Å²) in [6.07, 6.45) is 0.888. The van der Waals surface area contributed by atoms with E-state index in [1.54, 1.807) is 0 Å². The third kappa shape index (κ3) is 2.36. The van der Waals surface area contributed by atoms with Crippen LogP contribution in [0.2, 0.25) is 0 Å². The molecule has 0 heterocycles. The summed E-state index contributed by atoms with van der Waals surface area (Å²) in [5.74, 6) is -3.02. The summed E-state index contributed by atoms with van der Waals surface area (Å²) < 4.78 is 31.0. The minimum Gasteiger partial charge on any atom is -0.505 e. The van der Waals surface area contributed by atoms with Crippen LogP contribution in [-0.2, 0) is 6.42 Å². The molecule has 0 atom stereocenters. The van der Waals surface area contributed by atoms with Crippen molar-refractivity contribution < 1.29 is 18.6 Å².